The van der Waals surface area contributed by atoms with Crippen molar-refractivity contribution < 1.29 is 9.59 Å². The monoisotopic (exact) mass is 348 g/mol. The van der Waals surface area contributed by atoms with E-state index < -0.39 is 5.41 Å². The smallest absolute Gasteiger partial charge is 0.186 e. The maximum Gasteiger partial charge on any atom is 0.186 e. The van der Waals surface area contributed by atoms with E-state index in [2.05, 4.69) is 0 Å². The highest BCUT2D eigenvalue weighted by molar-refractivity contribution is 6.36. The van der Waals surface area contributed by atoms with Crippen molar-refractivity contribution in [2.45, 2.75) is 5.41 Å². The molecule has 0 heterocycles. The van der Waals surface area contributed by atoms with E-state index in [1.807, 2.05) is 97.1 Å². The van der Waals surface area contributed by atoms with Gasteiger partial charge in [0.2, 0.25) is 0 Å². The highest BCUT2D eigenvalue weighted by Gasteiger charge is 2.55. The Hall–Kier alpha value is -3.52. The van der Waals surface area contributed by atoms with Crippen molar-refractivity contribution in [2.75, 3.05) is 0 Å². The molecule has 0 amide bonds. The van der Waals surface area contributed by atoms with Crippen LogP contribution in [0.2, 0.25) is 0 Å². The van der Waals surface area contributed by atoms with Gasteiger partial charge in [0.25, 0.3) is 0 Å². The van der Waals surface area contributed by atoms with Gasteiger partial charge < -0.3 is 0 Å². The molecule has 4 aromatic rings. The number of hydrogen-bond acceptors (Lipinski definition) is 2. The molecule has 0 unspecified atom stereocenters. The summed E-state index contributed by atoms with van der Waals surface area (Å²) in [5.41, 5.74) is 1.12. The molecule has 27 heavy (non-hydrogen) atoms. The molecule has 0 aromatic heterocycles. The molecule has 1 aliphatic carbocycles. The topological polar surface area (TPSA) is 34.1 Å². The van der Waals surface area contributed by atoms with Crippen LogP contribution >= 0.6 is 0 Å². The maximum atomic E-state index is 13.8. The van der Waals surface area contributed by atoms with Crippen LogP contribution in [0.3, 0.4) is 0 Å². The van der Waals surface area contributed by atoms with Gasteiger partial charge >= 0.3 is 0 Å². The van der Waals surface area contributed by atoms with Crippen LogP contribution in [0.4, 0.5) is 0 Å². The Balaban J connectivity index is 1.86. The van der Waals surface area contributed by atoms with E-state index in [1.54, 1.807) is 0 Å². The van der Waals surface area contributed by atoms with Crippen molar-refractivity contribution in [3.63, 3.8) is 0 Å². The van der Waals surface area contributed by atoms with Crippen LogP contribution < -0.4 is 0 Å². The standard InChI is InChI=1S/C25H16O2/c26-23-21-15-17-9-7-8-10-18(17)16-22(21)24(27)25(23,19-11-3-1-4-12-19)20-13-5-2-6-14-20/h1-16H. The summed E-state index contributed by atoms with van der Waals surface area (Å²) in [5, 5.41) is 1.93. The Kier molecular flexibility index (Phi) is 3.34. The molecule has 0 radical (unpaired) electrons. The number of hydrogen-bond donors (Lipinski definition) is 0. The third-order valence-corrected chi connectivity index (χ3v) is 5.47. The van der Waals surface area contributed by atoms with E-state index >= 15 is 0 Å². The summed E-state index contributed by atoms with van der Waals surface area (Å²) < 4.78 is 0. The molecule has 4 aromatic carbocycles. The minimum atomic E-state index is -1.32. The Bertz CT molecular complexity index is 1090. The van der Waals surface area contributed by atoms with Crippen molar-refractivity contribution in [3.8, 4) is 0 Å². The molecule has 0 fully saturated rings. The van der Waals surface area contributed by atoms with Gasteiger partial charge in [0.05, 0.1) is 0 Å². The summed E-state index contributed by atoms with van der Waals surface area (Å²) in [6, 6.07) is 30.3. The number of carbonyl (C=O) groups is 2. The van der Waals surface area contributed by atoms with Gasteiger partial charge in [0, 0.05) is 11.1 Å². The van der Waals surface area contributed by atoms with E-state index in [4.69, 9.17) is 0 Å². The lowest BCUT2D eigenvalue weighted by molar-refractivity contribution is 0.0829. The highest BCUT2D eigenvalue weighted by Crippen LogP contribution is 2.45. The predicted molar refractivity (Wildman–Crippen MR) is 106 cm³/mol. The third-order valence-electron chi connectivity index (χ3n) is 5.47. The average Bonchev–Trinajstić information content (AvgIpc) is 2.95. The molecule has 0 N–H and O–H groups in total. The minimum Gasteiger partial charge on any atom is -0.292 e. The Morgan fingerprint density at radius 1 is 0.481 bits per heavy atom. The fraction of sp³-hybridized carbons (Fsp3) is 0.0400. The van der Waals surface area contributed by atoms with Crippen LogP contribution in [0.15, 0.2) is 97.1 Å². The molecule has 0 aliphatic heterocycles. The van der Waals surface area contributed by atoms with Gasteiger partial charge in [-0.3, -0.25) is 9.59 Å². The molecule has 5 rings (SSSR count). The van der Waals surface area contributed by atoms with Gasteiger partial charge in [0.15, 0.2) is 11.6 Å². The molecule has 0 saturated carbocycles. The van der Waals surface area contributed by atoms with E-state index in [1.165, 1.54) is 0 Å². The molecule has 2 heteroatoms. The molecule has 0 spiro atoms. The number of Topliss-reactive ketones (excluding diaryl/α,β-unsaturated/α-hetero) is 2. The zero-order valence-electron chi connectivity index (χ0n) is 14.6. The Labute approximate surface area is 157 Å². The van der Waals surface area contributed by atoms with Crippen LogP contribution in [0.5, 0.6) is 0 Å². The largest absolute Gasteiger partial charge is 0.292 e. The lowest BCUT2D eigenvalue weighted by Gasteiger charge is -2.27. The van der Waals surface area contributed by atoms with E-state index in [0.29, 0.717) is 22.3 Å². The molecule has 1 aliphatic rings. The zero-order chi connectivity index (χ0) is 18.4. The average molecular weight is 348 g/mol. The highest BCUT2D eigenvalue weighted by atomic mass is 16.2. The molecule has 0 bridgehead atoms. The summed E-state index contributed by atoms with van der Waals surface area (Å²) in [4.78, 5) is 27.5. The second-order valence-corrected chi connectivity index (χ2v) is 6.89. The molecule has 0 saturated heterocycles. The van der Waals surface area contributed by atoms with Crippen LogP contribution in [0, 0.1) is 0 Å². The lowest BCUT2D eigenvalue weighted by Crippen LogP contribution is -2.39. The van der Waals surface area contributed by atoms with Crippen LogP contribution in [0.1, 0.15) is 31.8 Å². The third kappa shape index (κ3) is 2.07. The van der Waals surface area contributed by atoms with Crippen LogP contribution in [-0.4, -0.2) is 11.6 Å². The second kappa shape index (κ2) is 5.75. The van der Waals surface area contributed by atoms with Crippen molar-refractivity contribution in [2.24, 2.45) is 0 Å². The minimum absolute atomic E-state index is 0.148. The lowest BCUT2D eigenvalue weighted by atomic mass is 9.70. The van der Waals surface area contributed by atoms with Gasteiger partial charge in [-0.05, 0) is 34.0 Å². The molecule has 0 atom stereocenters. The first-order valence-corrected chi connectivity index (χ1v) is 8.96. The summed E-state index contributed by atoms with van der Waals surface area (Å²) >= 11 is 0. The summed E-state index contributed by atoms with van der Waals surface area (Å²) in [5.74, 6) is -0.295. The fourth-order valence-electron chi connectivity index (χ4n) is 4.19. The fourth-order valence-corrected chi connectivity index (χ4v) is 4.19. The summed E-state index contributed by atoms with van der Waals surface area (Å²) in [6.07, 6.45) is 0. The predicted octanol–water partition coefficient (Wildman–Crippen LogP) is 5.21. The van der Waals surface area contributed by atoms with E-state index in [9.17, 15) is 9.59 Å². The molecule has 128 valence electrons. The number of carbonyl (C=O) groups excluding carboxylic acids is 2. The number of fused-ring (bicyclic) bond motifs is 2. The normalized spacial score (nSPS) is 15.1. The second-order valence-electron chi connectivity index (χ2n) is 6.89. The molecule has 2 nitrogen and oxygen atoms in total. The van der Waals surface area contributed by atoms with Crippen LogP contribution in [0.25, 0.3) is 10.8 Å². The van der Waals surface area contributed by atoms with Crippen LogP contribution in [-0.2, 0) is 5.41 Å². The Morgan fingerprint density at radius 2 is 0.852 bits per heavy atom. The number of ketones is 2. The van der Waals surface area contributed by atoms with E-state index in [0.717, 1.165) is 10.8 Å². The zero-order valence-corrected chi connectivity index (χ0v) is 14.6. The van der Waals surface area contributed by atoms with Gasteiger partial charge in [-0.15, -0.1) is 0 Å². The van der Waals surface area contributed by atoms with Gasteiger partial charge in [-0.2, -0.15) is 0 Å². The quantitative estimate of drug-likeness (QED) is 0.466. The van der Waals surface area contributed by atoms with Crippen molar-refractivity contribution in [1.29, 1.82) is 0 Å². The Morgan fingerprint density at radius 3 is 1.26 bits per heavy atom. The summed E-state index contributed by atoms with van der Waals surface area (Å²) in [7, 11) is 0. The van der Waals surface area contributed by atoms with Gasteiger partial charge in [-0.1, -0.05) is 84.9 Å². The number of rotatable bonds is 2. The van der Waals surface area contributed by atoms with Crippen molar-refractivity contribution in [1.82, 2.24) is 0 Å². The first-order valence-electron chi connectivity index (χ1n) is 8.96. The first kappa shape index (κ1) is 15.7. The first-order chi connectivity index (χ1) is 13.2. The van der Waals surface area contributed by atoms with Gasteiger partial charge in [0.1, 0.15) is 5.41 Å². The van der Waals surface area contributed by atoms with Crippen molar-refractivity contribution in [3.05, 3.63) is 119 Å². The summed E-state index contributed by atoms with van der Waals surface area (Å²) in [6.45, 7) is 0. The van der Waals surface area contributed by atoms with Gasteiger partial charge in [-0.25, -0.2) is 0 Å². The number of benzene rings is 4. The SMILES string of the molecule is O=C1c2cc3ccccc3cc2C(=O)C1(c1ccccc1)c1ccccc1. The maximum absolute atomic E-state index is 13.8. The van der Waals surface area contributed by atoms with Crippen molar-refractivity contribution >= 4 is 22.3 Å². The molecular formula is C25H16O2. The molecular weight excluding hydrogens is 332 g/mol. The van der Waals surface area contributed by atoms with E-state index in [-0.39, 0.29) is 11.6 Å².